The molecular weight excluding hydrogens is 246 g/mol. The Hall–Kier alpha value is -1.46. The Labute approximate surface area is 112 Å². The molecule has 1 heterocycles. The summed E-state index contributed by atoms with van der Waals surface area (Å²) in [6, 6.07) is 9.89. The van der Waals surface area contributed by atoms with Crippen LogP contribution in [-0.4, -0.2) is 30.0 Å². The second kappa shape index (κ2) is 5.67. The summed E-state index contributed by atoms with van der Waals surface area (Å²) in [5.41, 5.74) is 0.0185. The second-order valence-corrected chi connectivity index (χ2v) is 5.02. The monoisotopic (exact) mass is 265 g/mol. The summed E-state index contributed by atoms with van der Waals surface area (Å²) < 4.78 is 11.2. The van der Waals surface area contributed by atoms with Crippen LogP contribution < -0.4 is 0 Å². The maximum absolute atomic E-state index is 11.1. The average molecular weight is 265 g/mol. The minimum absolute atomic E-state index is 0.0582. The summed E-state index contributed by atoms with van der Waals surface area (Å²) in [7, 11) is 0. The SMILES string of the molecule is CCC1([N+](=O)[O-])COC([C@H](C)c2ccccc2)OC1. The Bertz CT molecular complexity index is 426. The normalized spacial score (nSPS) is 28.8. The zero-order valence-corrected chi connectivity index (χ0v) is 11.2. The van der Waals surface area contributed by atoms with Gasteiger partial charge in [-0.3, -0.25) is 10.1 Å². The van der Waals surface area contributed by atoms with Crippen LogP contribution in [0.5, 0.6) is 0 Å². The molecule has 0 aliphatic carbocycles. The lowest BCUT2D eigenvalue weighted by Gasteiger charge is -2.35. The lowest BCUT2D eigenvalue weighted by molar-refractivity contribution is -0.592. The fourth-order valence-corrected chi connectivity index (χ4v) is 2.21. The Balaban J connectivity index is 2.02. The van der Waals surface area contributed by atoms with E-state index in [9.17, 15) is 10.1 Å². The number of hydrogen-bond donors (Lipinski definition) is 0. The molecule has 1 saturated heterocycles. The molecule has 5 nitrogen and oxygen atoms in total. The molecule has 0 spiro atoms. The van der Waals surface area contributed by atoms with Gasteiger partial charge in [-0.15, -0.1) is 0 Å². The second-order valence-electron chi connectivity index (χ2n) is 5.02. The van der Waals surface area contributed by atoms with Crippen molar-refractivity contribution in [2.24, 2.45) is 0 Å². The first kappa shape index (κ1) is 14.0. The molecule has 0 bridgehead atoms. The highest BCUT2D eigenvalue weighted by atomic mass is 16.7. The number of rotatable bonds is 4. The smallest absolute Gasteiger partial charge is 0.267 e. The Kier molecular flexibility index (Phi) is 4.17. The van der Waals surface area contributed by atoms with Crippen LogP contribution in [0, 0.1) is 10.1 Å². The van der Waals surface area contributed by atoms with Gasteiger partial charge in [-0.2, -0.15) is 0 Å². The van der Waals surface area contributed by atoms with Gasteiger partial charge in [-0.25, -0.2) is 0 Å². The van der Waals surface area contributed by atoms with Gasteiger partial charge in [0.2, 0.25) is 0 Å². The third-order valence-corrected chi connectivity index (χ3v) is 3.81. The molecule has 0 saturated carbocycles. The van der Waals surface area contributed by atoms with Crippen molar-refractivity contribution in [1.29, 1.82) is 0 Å². The van der Waals surface area contributed by atoms with Crippen molar-refractivity contribution in [1.82, 2.24) is 0 Å². The molecule has 2 rings (SSSR count). The van der Waals surface area contributed by atoms with Gasteiger partial charge in [-0.1, -0.05) is 44.2 Å². The van der Waals surface area contributed by atoms with E-state index in [4.69, 9.17) is 9.47 Å². The number of nitro groups is 1. The Morgan fingerprint density at radius 1 is 1.37 bits per heavy atom. The van der Waals surface area contributed by atoms with Crippen LogP contribution >= 0.6 is 0 Å². The molecule has 104 valence electrons. The van der Waals surface area contributed by atoms with Crippen LogP contribution in [0.15, 0.2) is 30.3 Å². The largest absolute Gasteiger partial charge is 0.344 e. The summed E-state index contributed by atoms with van der Waals surface area (Å²) in [5.74, 6) is 0.0582. The van der Waals surface area contributed by atoms with Gasteiger partial charge in [0.15, 0.2) is 6.29 Å². The summed E-state index contributed by atoms with van der Waals surface area (Å²) >= 11 is 0. The quantitative estimate of drug-likeness (QED) is 0.620. The van der Waals surface area contributed by atoms with Crippen molar-refractivity contribution in [2.75, 3.05) is 13.2 Å². The molecule has 0 aromatic heterocycles. The highest BCUT2D eigenvalue weighted by molar-refractivity contribution is 5.19. The molecule has 0 radical (unpaired) electrons. The van der Waals surface area contributed by atoms with Gasteiger partial charge in [-0.05, 0) is 5.56 Å². The van der Waals surface area contributed by atoms with E-state index in [1.807, 2.05) is 37.3 Å². The first-order valence-electron chi connectivity index (χ1n) is 6.52. The molecule has 1 aromatic carbocycles. The first-order chi connectivity index (χ1) is 9.09. The molecule has 1 fully saturated rings. The summed E-state index contributed by atoms with van der Waals surface area (Å²) in [6.07, 6.45) is -0.00563. The van der Waals surface area contributed by atoms with E-state index in [-0.39, 0.29) is 24.1 Å². The minimum Gasteiger partial charge on any atom is -0.344 e. The predicted molar refractivity (Wildman–Crippen MR) is 70.6 cm³/mol. The average Bonchev–Trinajstić information content (AvgIpc) is 2.47. The Morgan fingerprint density at radius 2 is 1.95 bits per heavy atom. The van der Waals surface area contributed by atoms with Crippen LogP contribution in [0.3, 0.4) is 0 Å². The lowest BCUT2D eigenvalue weighted by Crippen LogP contribution is -2.53. The van der Waals surface area contributed by atoms with Crippen molar-refractivity contribution >= 4 is 0 Å². The molecule has 0 amide bonds. The number of benzene rings is 1. The molecule has 19 heavy (non-hydrogen) atoms. The van der Waals surface area contributed by atoms with Crippen LogP contribution in [0.2, 0.25) is 0 Å². The summed E-state index contributed by atoms with van der Waals surface area (Å²) in [4.78, 5) is 10.8. The lowest BCUT2D eigenvalue weighted by atomic mass is 9.96. The van der Waals surface area contributed by atoms with Gasteiger partial charge < -0.3 is 9.47 Å². The topological polar surface area (TPSA) is 61.6 Å². The molecule has 0 N–H and O–H groups in total. The van der Waals surface area contributed by atoms with Crippen LogP contribution in [-0.2, 0) is 9.47 Å². The van der Waals surface area contributed by atoms with E-state index in [1.165, 1.54) is 0 Å². The van der Waals surface area contributed by atoms with E-state index in [2.05, 4.69) is 0 Å². The maximum Gasteiger partial charge on any atom is 0.267 e. The number of ether oxygens (including phenoxy) is 2. The van der Waals surface area contributed by atoms with Crippen molar-refractivity contribution in [3.63, 3.8) is 0 Å². The van der Waals surface area contributed by atoms with Gasteiger partial charge in [0, 0.05) is 17.3 Å². The standard InChI is InChI=1S/C14H19NO4/c1-3-14(15(16)17)9-18-13(19-10-14)11(2)12-7-5-4-6-8-12/h4-8,11,13H,3,9-10H2,1-2H3/t11-,13?,14?/m1/s1. The fourth-order valence-electron chi connectivity index (χ4n) is 2.21. The molecule has 1 aliphatic rings. The van der Waals surface area contributed by atoms with Gasteiger partial charge in [0.1, 0.15) is 13.2 Å². The predicted octanol–water partition coefficient (Wildman–Crippen LogP) is 2.59. The van der Waals surface area contributed by atoms with Gasteiger partial charge in [0.05, 0.1) is 0 Å². The van der Waals surface area contributed by atoms with E-state index >= 15 is 0 Å². The molecule has 1 aromatic rings. The van der Waals surface area contributed by atoms with Crippen LogP contribution in [0.4, 0.5) is 0 Å². The zero-order valence-electron chi connectivity index (χ0n) is 11.2. The molecule has 5 heteroatoms. The summed E-state index contributed by atoms with van der Waals surface area (Å²) in [6.45, 7) is 4.01. The van der Waals surface area contributed by atoms with E-state index in [0.717, 1.165) is 5.56 Å². The van der Waals surface area contributed by atoms with Crippen LogP contribution in [0.25, 0.3) is 0 Å². The van der Waals surface area contributed by atoms with Gasteiger partial charge >= 0.3 is 0 Å². The number of nitrogens with zero attached hydrogens (tertiary/aromatic N) is 1. The highest BCUT2D eigenvalue weighted by Crippen LogP contribution is 2.29. The first-order valence-corrected chi connectivity index (χ1v) is 6.52. The third kappa shape index (κ3) is 2.77. The zero-order chi connectivity index (χ0) is 13.9. The van der Waals surface area contributed by atoms with E-state index in [1.54, 1.807) is 6.92 Å². The fraction of sp³-hybridized carbons (Fsp3) is 0.571. The highest BCUT2D eigenvalue weighted by Gasteiger charge is 2.47. The summed E-state index contributed by atoms with van der Waals surface area (Å²) in [5, 5.41) is 11.1. The van der Waals surface area contributed by atoms with Crippen molar-refractivity contribution in [2.45, 2.75) is 38.0 Å². The van der Waals surface area contributed by atoms with E-state index in [0.29, 0.717) is 6.42 Å². The Morgan fingerprint density at radius 3 is 2.42 bits per heavy atom. The van der Waals surface area contributed by atoms with Gasteiger partial charge in [0.25, 0.3) is 5.54 Å². The molecule has 0 unspecified atom stereocenters. The van der Waals surface area contributed by atoms with Crippen LogP contribution in [0.1, 0.15) is 31.7 Å². The third-order valence-electron chi connectivity index (χ3n) is 3.81. The molecule has 1 aliphatic heterocycles. The van der Waals surface area contributed by atoms with Crippen molar-refractivity contribution < 1.29 is 14.4 Å². The maximum atomic E-state index is 11.1. The van der Waals surface area contributed by atoms with Crippen molar-refractivity contribution in [3.8, 4) is 0 Å². The van der Waals surface area contributed by atoms with E-state index < -0.39 is 11.8 Å². The molecular formula is C14H19NO4. The van der Waals surface area contributed by atoms with Crippen molar-refractivity contribution in [3.05, 3.63) is 46.0 Å². The molecule has 1 atom stereocenters. The number of hydrogen-bond acceptors (Lipinski definition) is 4. The minimum atomic E-state index is -1.09.